The van der Waals surface area contributed by atoms with Crippen LogP contribution in [0.2, 0.25) is 0 Å². The number of aliphatic hydroxyl groups excluding tert-OH is 1. The molecule has 2 aromatic carbocycles. The van der Waals surface area contributed by atoms with Crippen molar-refractivity contribution in [2.24, 2.45) is 0 Å². The Bertz CT molecular complexity index is 820. The average Bonchev–Trinajstić information content (AvgIpc) is 2.67. The highest BCUT2D eigenvalue weighted by atomic mass is 79.9. The molecule has 0 aliphatic heterocycles. The van der Waals surface area contributed by atoms with Gasteiger partial charge in [0.25, 0.3) is 0 Å². The quantitative estimate of drug-likeness (QED) is 0.552. The van der Waals surface area contributed by atoms with Crippen molar-refractivity contribution in [1.82, 2.24) is 0 Å². The first-order chi connectivity index (χ1) is 12.5. The van der Waals surface area contributed by atoms with Crippen LogP contribution in [0.1, 0.15) is 17.2 Å². The molecule has 0 aromatic heterocycles. The fourth-order valence-corrected chi connectivity index (χ4v) is 2.65. The van der Waals surface area contributed by atoms with Gasteiger partial charge in [-0.1, -0.05) is 46.3 Å². The van der Waals surface area contributed by atoms with Crippen LogP contribution in [-0.2, 0) is 19.1 Å². The standard InChI is InChI=1S/C19H18BrNO5/c1-25-17(22)11-16(19(24)26-2)21-15-9-8-13(20)10-14(15)18(23)12-6-4-3-5-7-12/h3-11,18,21,23H,1-2H3/b16-11+. The Balaban J connectivity index is 2.44. The van der Waals surface area contributed by atoms with Crippen LogP contribution in [0, 0.1) is 0 Å². The smallest absolute Gasteiger partial charge is 0.354 e. The van der Waals surface area contributed by atoms with Gasteiger partial charge < -0.3 is 19.9 Å². The highest BCUT2D eigenvalue weighted by molar-refractivity contribution is 9.10. The second-order valence-corrected chi connectivity index (χ2v) is 6.16. The van der Waals surface area contributed by atoms with Gasteiger partial charge >= 0.3 is 11.9 Å². The maximum absolute atomic E-state index is 12.0. The Morgan fingerprint density at radius 3 is 2.42 bits per heavy atom. The van der Waals surface area contributed by atoms with Crippen LogP contribution in [0.3, 0.4) is 0 Å². The first kappa shape index (κ1) is 19.7. The first-order valence-corrected chi connectivity index (χ1v) is 8.43. The van der Waals surface area contributed by atoms with Crippen molar-refractivity contribution in [2.45, 2.75) is 6.10 Å². The molecule has 0 aliphatic carbocycles. The molecule has 26 heavy (non-hydrogen) atoms. The van der Waals surface area contributed by atoms with E-state index in [1.165, 1.54) is 14.2 Å². The normalized spacial score (nSPS) is 12.2. The van der Waals surface area contributed by atoms with E-state index in [-0.39, 0.29) is 5.70 Å². The second kappa shape index (κ2) is 9.17. The summed E-state index contributed by atoms with van der Waals surface area (Å²) in [5.74, 6) is -1.45. The summed E-state index contributed by atoms with van der Waals surface area (Å²) in [5, 5.41) is 13.6. The Labute approximate surface area is 159 Å². The lowest BCUT2D eigenvalue weighted by Gasteiger charge is -2.18. The van der Waals surface area contributed by atoms with Gasteiger partial charge in [0.1, 0.15) is 11.8 Å². The Morgan fingerprint density at radius 1 is 1.12 bits per heavy atom. The number of esters is 2. The fourth-order valence-electron chi connectivity index (χ4n) is 2.27. The summed E-state index contributed by atoms with van der Waals surface area (Å²) < 4.78 is 10.0. The molecule has 0 bridgehead atoms. The van der Waals surface area contributed by atoms with E-state index < -0.39 is 18.0 Å². The zero-order chi connectivity index (χ0) is 19.1. The lowest BCUT2D eigenvalue weighted by Crippen LogP contribution is -2.17. The second-order valence-electron chi connectivity index (χ2n) is 5.24. The summed E-state index contributed by atoms with van der Waals surface area (Å²) in [6, 6.07) is 14.2. The number of ether oxygens (including phenoxy) is 2. The summed E-state index contributed by atoms with van der Waals surface area (Å²) >= 11 is 3.38. The summed E-state index contributed by atoms with van der Waals surface area (Å²) in [5.41, 5.74) is 1.55. The number of aliphatic hydroxyl groups is 1. The van der Waals surface area contributed by atoms with Crippen molar-refractivity contribution < 1.29 is 24.2 Å². The van der Waals surface area contributed by atoms with Gasteiger partial charge in [0.2, 0.25) is 0 Å². The molecule has 0 heterocycles. The molecule has 0 saturated carbocycles. The molecule has 0 fully saturated rings. The monoisotopic (exact) mass is 419 g/mol. The number of carbonyl (C=O) groups excluding carboxylic acids is 2. The SMILES string of the molecule is COC(=O)/C=C(/Nc1ccc(Br)cc1C(O)c1ccccc1)C(=O)OC. The van der Waals surface area contributed by atoms with Gasteiger partial charge in [-0.15, -0.1) is 0 Å². The van der Waals surface area contributed by atoms with Crippen molar-refractivity contribution in [3.63, 3.8) is 0 Å². The molecule has 2 aromatic rings. The minimum atomic E-state index is -0.937. The molecule has 0 aliphatic rings. The van der Waals surface area contributed by atoms with Crippen LogP contribution in [0.4, 0.5) is 5.69 Å². The molecule has 1 atom stereocenters. The zero-order valence-electron chi connectivity index (χ0n) is 14.2. The predicted octanol–water partition coefficient (Wildman–Crippen LogP) is 3.17. The first-order valence-electron chi connectivity index (χ1n) is 7.63. The summed E-state index contributed by atoms with van der Waals surface area (Å²) in [6.07, 6.45) is 0.0558. The van der Waals surface area contributed by atoms with Crippen LogP contribution in [0.25, 0.3) is 0 Å². The maximum atomic E-state index is 12.0. The molecule has 0 radical (unpaired) electrons. The lowest BCUT2D eigenvalue weighted by molar-refractivity contribution is -0.138. The van der Waals surface area contributed by atoms with Crippen LogP contribution in [0.5, 0.6) is 0 Å². The molecular weight excluding hydrogens is 402 g/mol. The van der Waals surface area contributed by atoms with Crippen molar-refractivity contribution in [3.8, 4) is 0 Å². The van der Waals surface area contributed by atoms with Crippen LogP contribution < -0.4 is 5.32 Å². The fraction of sp³-hybridized carbons (Fsp3) is 0.158. The molecule has 6 nitrogen and oxygen atoms in total. The third-order valence-electron chi connectivity index (χ3n) is 3.56. The van der Waals surface area contributed by atoms with Crippen LogP contribution in [-0.4, -0.2) is 31.3 Å². The molecular formula is C19H18BrNO5. The number of benzene rings is 2. The van der Waals surface area contributed by atoms with E-state index in [1.807, 2.05) is 18.2 Å². The lowest BCUT2D eigenvalue weighted by atomic mass is 10.00. The molecule has 136 valence electrons. The molecule has 7 heteroatoms. The van der Waals surface area contributed by atoms with E-state index >= 15 is 0 Å². The van der Waals surface area contributed by atoms with E-state index in [0.29, 0.717) is 16.8 Å². The highest BCUT2D eigenvalue weighted by Gasteiger charge is 2.19. The number of hydrogen-bond acceptors (Lipinski definition) is 6. The molecule has 0 saturated heterocycles. The van der Waals surface area contributed by atoms with Gasteiger partial charge in [-0.25, -0.2) is 9.59 Å². The third kappa shape index (κ3) is 4.93. The topological polar surface area (TPSA) is 84.9 Å². The minimum Gasteiger partial charge on any atom is -0.466 e. The Hall–Kier alpha value is -2.64. The van der Waals surface area contributed by atoms with Crippen LogP contribution >= 0.6 is 15.9 Å². The predicted molar refractivity (Wildman–Crippen MR) is 100 cm³/mol. The molecule has 0 spiro atoms. The molecule has 0 amide bonds. The van der Waals surface area contributed by atoms with E-state index in [2.05, 4.69) is 30.7 Å². The van der Waals surface area contributed by atoms with Crippen molar-refractivity contribution in [2.75, 3.05) is 19.5 Å². The Morgan fingerprint density at radius 2 is 1.81 bits per heavy atom. The number of carbonyl (C=O) groups is 2. The summed E-state index contributed by atoms with van der Waals surface area (Å²) in [4.78, 5) is 23.5. The van der Waals surface area contributed by atoms with Crippen LogP contribution in [0.15, 0.2) is 64.8 Å². The number of anilines is 1. The van der Waals surface area contributed by atoms with E-state index in [4.69, 9.17) is 0 Å². The number of hydrogen-bond donors (Lipinski definition) is 2. The summed E-state index contributed by atoms with van der Waals surface area (Å²) in [7, 11) is 2.41. The largest absolute Gasteiger partial charge is 0.466 e. The van der Waals surface area contributed by atoms with E-state index in [0.717, 1.165) is 10.5 Å². The number of nitrogens with one attached hydrogen (secondary N) is 1. The van der Waals surface area contributed by atoms with Gasteiger partial charge in [0, 0.05) is 15.7 Å². The van der Waals surface area contributed by atoms with Gasteiger partial charge in [0.05, 0.1) is 20.3 Å². The molecule has 2 rings (SSSR count). The highest BCUT2D eigenvalue weighted by Crippen LogP contribution is 2.31. The van der Waals surface area contributed by atoms with Gasteiger partial charge in [-0.05, 0) is 23.8 Å². The number of methoxy groups -OCH3 is 2. The van der Waals surface area contributed by atoms with E-state index in [1.54, 1.807) is 30.3 Å². The van der Waals surface area contributed by atoms with Crippen molar-refractivity contribution in [1.29, 1.82) is 0 Å². The third-order valence-corrected chi connectivity index (χ3v) is 4.05. The van der Waals surface area contributed by atoms with Gasteiger partial charge in [-0.3, -0.25) is 0 Å². The van der Waals surface area contributed by atoms with Gasteiger partial charge in [0.15, 0.2) is 0 Å². The minimum absolute atomic E-state index is 0.108. The van der Waals surface area contributed by atoms with Crippen molar-refractivity contribution >= 4 is 33.6 Å². The Kier molecular flexibility index (Phi) is 6.94. The average molecular weight is 420 g/mol. The number of halogens is 1. The maximum Gasteiger partial charge on any atom is 0.354 e. The molecule has 2 N–H and O–H groups in total. The summed E-state index contributed by atoms with van der Waals surface area (Å²) in [6.45, 7) is 0. The van der Waals surface area contributed by atoms with E-state index in [9.17, 15) is 14.7 Å². The number of rotatable bonds is 6. The zero-order valence-corrected chi connectivity index (χ0v) is 15.8. The molecule has 1 unspecified atom stereocenters. The van der Waals surface area contributed by atoms with Gasteiger partial charge in [-0.2, -0.15) is 0 Å². The van der Waals surface area contributed by atoms with Crippen molar-refractivity contribution in [3.05, 3.63) is 75.9 Å².